The van der Waals surface area contributed by atoms with Crippen LogP contribution in [0.3, 0.4) is 0 Å². The van der Waals surface area contributed by atoms with Gasteiger partial charge >= 0.3 is 0 Å². The van der Waals surface area contributed by atoms with Crippen LogP contribution in [-0.4, -0.2) is 17.7 Å². The van der Waals surface area contributed by atoms with Crippen LogP contribution in [-0.2, 0) is 4.79 Å². The molecule has 0 saturated carbocycles. The molecule has 0 aliphatic rings. The van der Waals surface area contributed by atoms with Gasteiger partial charge in [0.15, 0.2) is 0 Å². The molecular formula is C9H12FN3OS. The van der Waals surface area contributed by atoms with Gasteiger partial charge in [-0.2, -0.15) is 0 Å². The summed E-state index contributed by atoms with van der Waals surface area (Å²) in [6, 6.07) is 3.70. The summed E-state index contributed by atoms with van der Waals surface area (Å²) >= 11 is 1.26. The third-order valence-electron chi connectivity index (χ3n) is 1.77. The quantitative estimate of drug-likeness (QED) is 0.511. The molecule has 0 spiro atoms. The fraction of sp³-hybridized carbons (Fsp3) is 0.222. The highest BCUT2D eigenvalue weighted by Crippen LogP contribution is 2.22. The molecule has 1 unspecified atom stereocenters. The van der Waals surface area contributed by atoms with Gasteiger partial charge in [-0.15, -0.1) is 11.8 Å². The van der Waals surface area contributed by atoms with Crippen molar-refractivity contribution in [2.24, 2.45) is 11.5 Å². The van der Waals surface area contributed by atoms with E-state index < -0.39 is 17.8 Å². The minimum Gasteiger partial charge on any atom is -0.396 e. The minimum atomic E-state index is -0.726. The number of thioether (sulfide) groups is 1. The number of rotatable bonds is 4. The van der Waals surface area contributed by atoms with Crippen molar-refractivity contribution in [1.82, 2.24) is 0 Å². The lowest BCUT2D eigenvalue weighted by Crippen LogP contribution is -2.38. The topological polar surface area (TPSA) is 95.1 Å². The second kappa shape index (κ2) is 4.99. The molecule has 0 radical (unpaired) electrons. The van der Waals surface area contributed by atoms with Crippen LogP contribution in [0.15, 0.2) is 23.1 Å². The summed E-state index contributed by atoms with van der Waals surface area (Å²) in [6.07, 6.45) is 0. The van der Waals surface area contributed by atoms with Crippen LogP contribution >= 0.6 is 11.8 Å². The number of nitrogen functional groups attached to an aromatic ring is 1. The zero-order chi connectivity index (χ0) is 11.4. The normalized spacial score (nSPS) is 12.4. The number of amides is 1. The zero-order valence-electron chi connectivity index (χ0n) is 7.94. The van der Waals surface area contributed by atoms with Crippen molar-refractivity contribution in [3.8, 4) is 0 Å². The first-order chi connectivity index (χ1) is 7.00. The fourth-order valence-electron chi connectivity index (χ4n) is 0.866. The molecule has 0 fully saturated rings. The van der Waals surface area contributed by atoms with E-state index >= 15 is 0 Å². The molecule has 0 bridgehead atoms. The highest BCUT2D eigenvalue weighted by atomic mass is 32.2. The van der Waals surface area contributed by atoms with Gasteiger partial charge in [0.2, 0.25) is 5.91 Å². The Morgan fingerprint density at radius 3 is 2.73 bits per heavy atom. The van der Waals surface area contributed by atoms with Crippen LogP contribution in [0.25, 0.3) is 0 Å². The fourth-order valence-corrected chi connectivity index (χ4v) is 1.75. The molecule has 0 aliphatic heterocycles. The van der Waals surface area contributed by atoms with Gasteiger partial charge in [-0.05, 0) is 18.2 Å². The van der Waals surface area contributed by atoms with E-state index in [1.165, 1.54) is 23.9 Å². The Morgan fingerprint density at radius 1 is 1.53 bits per heavy atom. The Balaban J connectivity index is 2.58. The Hall–Kier alpha value is -1.27. The molecule has 0 heterocycles. The van der Waals surface area contributed by atoms with Crippen molar-refractivity contribution < 1.29 is 9.18 Å². The van der Waals surface area contributed by atoms with Crippen molar-refractivity contribution >= 4 is 23.4 Å². The second-order valence-electron chi connectivity index (χ2n) is 3.00. The van der Waals surface area contributed by atoms with Gasteiger partial charge < -0.3 is 17.2 Å². The molecule has 82 valence electrons. The predicted octanol–water partition coefficient (Wildman–Crippen LogP) is 0.313. The van der Waals surface area contributed by atoms with E-state index in [0.29, 0.717) is 10.6 Å². The number of hydrogen-bond donors (Lipinski definition) is 3. The highest BCUT2D eigenvalue weighted by molar-refractivity contribution is 7.99. The lowest BCUT2D eigenvalue weighted by Gasteiger charge is -2.07. The molecule has 15 heavy (non-hydrogen) atoms. The average Bonchev–Trinajstić information content (AvgIpc) is 2.19. The van der Waals surface area contributed by atoms with Crippen LogP contribution in [0.1, 0.15) is 0 Å². The number of carbonyl (C=O) groups excluding carboxylic acids is 1. The van der Waals surface area contributed by atoms with Gasteiger partial charge in [-0.1, -0.05) is 0 Å². The van der Waals surface area contributed by atoms with E-state index in [1.807, 2.05) is 0 Å². The van der Waals surface area contributed by atoms with Gasteiger partial charge in [0, 0.05) is 10.6 Å². The monoisotopic (exact) mass is 229 g/mol. The maximum atomic E-state index is 13.0. The van der Waals surface area contributed by atoms with Gasteiger partial charge in [0.1, 0.15) is 5.82 Å². The van der Waals surface area contributed by atoms with Crippen molar-refractivity contribution in [3.05, 3.63) is 24.0 Å². The number of halogens is 1. The van der Waals surface area contributed by atoms with Gasteiger partial charge in [-0.3, -0.25) is 4.79 Å². The summed E-state index contributed by atoms with van der Waals surface area (Å²) < 4.78 is 13.0. The van der Waals surface area contributed by atoms with E-state index in [0.717, 1.165) is 0 Å². The van der Waals surface area contributed by atoms with Crippen LogP contribution < -0.4 is 17.2 Å². The van der Waals surface area contributed by atoms with Crippen molar-refractivity contribution in [1.29, 1.82) is 0 Å². The molecule has 6 N–H and O–H groups in total. The first-order valence-electron chi connectivity index (χ1n) is 4.23. The number of carbonyl (C=O) groups is 1. The number of hydrogen-bond acceptors (Lipinski definition) is 4. The highest BCUT2D eigenvalue weighted by Gasteiger charge is 2.09. The first kappa shape index (κ1) is 11.8. The SMILES string of the molecule is NC(=O)C(N)CSc1ccc(N)c(F)c1. The molecule has 1 amide bonds. The van der Waals surface area contributed by atoms with E-state index in [2.05, 4.69) is 0 Å². The number of nitrogens with two attached hydrogens (primary N) is 3. The van der Waals surface area contributed by atoms with Gasteiger partial charge in [0.25, 0.3) is 0 Å². The van der Waals surface area contributed by atoms with Gasteiger partial charge in [-0.25, -0.2) is 4.39 Å². The molecule has 0 aromatic heterocycles. The van der Waals surface area contributed by atoms with Crippen LogP contribution in [0, 0.1) is 5.82 Å². The van der Waals surface area contributed by atoms with Crippen LogP contribution in [0.2, 0.25) is 0 Å². The summed E-state index contributed by atoms with van der Waals surface area (Å²) in [5.41, 5.74) is 15.8. The lowest BCUT2D eigenvalue weighted by atomic mass is 10.3. The molecule has 1 aromatic rings. The summed E-state index contributed by atoms with van der Waals surface area (Å²) in [6.45, 7) is 0. The van der Waals surface area contributed by atoms with Gasteiger partial charge in [0.05, 0.1) is 11.7 Å². The third kappa shape index (κ3) is 3.41. The predicted molar refractivity (Wildman–Crippen MR) is 58.7 cm³/mol. The van der Waals surface area contributed by atoms with E-state index in [4.69, 9.17) is 17.2 Å². The summed E-state index contributed by atoms with van der Waals surface area (Å²) in [5, 5.41) is 0. The molecule has 4 nitrogen and oxygen atoms in total. The van der Waals surface area contributed by atoms with E-state index in [1.54, 1.807) is 6.07 Å². The van der Waals surface area contributed by atoms with E-state index in [-0.39, 0.29) is 5.69 Å². The molecule has 1 rings (SSSR count). The smallest absolute Gasteiger partial charge is 0.235 e. The van der Waals surface area contributed by atoms with Crippen molar-refractivity contribution in [3.63, 3.8) is 0 Å². The largest absolute Gasteiger partial charge is 0.396 e. The molecule has 6 heteroatoms. The Labute approximate surface area is 91.0 Å². The summed E-state index contributed by atoms with van der Waals surface area (Å²) in [7, 11) is 0. The Kier molecular flexibility index (Phi) is 3.93. The summed E-state index contributed by atoms with van der Waals surface area (Å²) in [4.78, 5) is 11.3. The molecular weight excluding hydrogens is 217 g/mol. The first-order valence-corrected chi connectivity index (χ1v) is 5.22. The lowest BCUT2D eigenvalue weighted by molar-refractivity contribution is -0.118. The Bertz CT molecular complexity index is 372. The maximum absolute atomic E-state index is 13.0. The van der Waals surface area contributed by atoms with Crippen molar-refractivity contribution in [2.45, 2.75) is 10.9 Å². The van der Waals surface area contributed by atoms with Crippen LogP contribution in [0.5, 0.6) is 0 Å². The molecule has 1 aromatic carbocycles. The number of benzene rings is 1. The van der Waals surface area contributed by atoms with Crippen LogP contribution in [0.4, 0.5) is 10.1 Å². The average molecular weight is 229 g/mol. The molecule has 1 atom stereocenters. The Morgan fingerprint density at radius 2 is 2.20 bits per heavy atom. The minimum absolute atomic E-state index is 0.0959. The standard InChI is InChI=1S/C9H12FN3OS/c10-6-3-5(1-2-7(6)11)15-4-8(12)9(13)14/h1-3,8H,4,11-12H2,(H2,13,14). The zero-order valence-corrected chi connectivity index (χ0v) is 8.76. The third-order valence-corrected chi connectivity index (χ3v) is 2.88. The van der Waals surface area contributed by atoms with E-state index in [9.17, 15) is 9.18 Å². The molecule has 0 aliphatic carbocycles. The van der Waals surface area contributed by atoms with Crippen molar-refractivity contribution in [2.75, 3.05) is 11.5 Å². The number of primary amides is 1. The maximum Gasteiger partial charge on any atom is 0.235 e. The molecule has 0 saturated heterocycles. The second-order valence-corrected chi connectivity index (χ2v) is 4.10. The summed E-state index contributed by atoms with van der Waals surface area (Å²) in [5.74, 6) is -0.732. The number of anilines is 1.